The molecule has 2 aliphatic heterocycles. The van der Waals surface area contributed by atoms with Crippen molar-refractivity contribution in [3.63, 3.8) is 0 Å². The van der Waals surface area contributed by atoms with E-state index < -0.39 is 0 Å². The fraction of sp³-hybridized carbons (Fsp3) is 0.429. The lowest BCUT2D eigenvalue weighted by Gasteiger charge is -2.40. The van der Waals surface area contributed by atoms with Gasteiger partial charge in [0.15, 0.2) is 0 Å². The molecule has 2 fully saturated rings. The van der Waals surface area contributed by atoms with E-state index in [-0.39, 0.29) is 23.3 Å². The van der Waals surface area contributed by atoms with Gasteiger partial charge in [-0.2, -0.15) is 0 Å². The number of ketones is 2. The van der Waals surface area contributed by atoms with Crippen LogP contribution in [0.3, 0.4) is 0 Å². The Morgan fingerprint density at radius 3 is 2.15 bits per heavy atom. The summed E-state index contributed by atoms with van der Waals surface area (Å²) in [5.74, 6) is 0.610. The van der Waals surface area contributed by atoms with E-state index in [0.29, 0.717) is 49.5 Å². The van der Waals surface area contributed by atoms with E-state index in [9.17, 15) is 14.4 Å². The number of aryl methyl sites for hydroxylation is 1. The van der Waals surface area contributed by atoms with Crippen molar-refractivity contribution in [3.05, 3.63) is 71.2 Å². The van der Waals surface area contributed by atoms with Gasteiger partial charge in [0.05, 0.1) is 12.1 Å². The van der Waals surface area contributed by atoms with Crippen LogP contribution in [-0.4, -0.2) is 106 Å². The number of urea groups is 1. The summed E-state index contributed by atoms with van der Waals surface area (Å²) in [6.45, 7) is 7.46. The zero-order valence-corrected chi connectivity index (χ0v) is 22.2. The number of benzene rings is 1. The molecular weight excluding hydrogens is 496 g/mol. The Morgan fingerprint density at radius 1 is 0.846 bits per heavy atom. The van der Waals surface area contributed by atoms with E-state index in [4.69, 9.17) is 0 Å². The van der Waals surface area contributed by atoms with Crippen molar-refractivity contribution in [1.29, 1.82) is 0 Å². The number of carbonyl (C=O) groups excluding carboxylic acids is 3. The van der Waals surface area contributed by atoms with Crippen LogP contribution in [0.25, 0.3) is 0 Å². The number of anilines is 1. The Labute approximate surface area is 227 Å². The van der Waals surface area contributed by atoms with Gasteiger partial charge in [-0.25, -0.2) is 9.78 Å². The van der Waals surface area contributed by atoms with Crippen LogP contribution in [0.5, 0.6) is 0 Å². The van der Waals surface area contributed by atoms with Crippen molar-refractivity contribution < 1.29 is 19.1 Å². The average Bonchev–Trinajstić information content (AvgIpc) is 3.32. The van der Waals surface area contributed by atoms with E-state index in [2.05, 4.69) is 19.9 Å². The molecule has 0 spiro atoms. The van der Waals surface area contributed by atoms with Gasteiger partial charge in [0.25, 0.3) is 5.69 Å². The lowest BCUT2D eigenvalue weighted by atomic mass is 9.90. The predicted octanol–water partition coefficient (Wildman–Crippen LogP) is 0.828. The molecule has 0 unspecified atom stereocenters. The van der Waals surface area contributed by atoms with Gasteiger partial charge in [-0.3, -0.25) is 14.5 Å². The highest BCUT2D eigenvalue weighted by Crippen LogP contribution is 2.24. The van der Waals surface area contributed by atoms with E-state index in [1.165, 1.54) is 0 Å². The van der Waals surface area contributed by atoms with E-state index in [0.717, 1.165) is 45.0 Å². The van der Waals surface area contributed by atoms with E-state index in [1.807, 2.05) is 32.7 Å². The predicted molar refractivity (Wildman–Crippen MR) is 143 cm³/mol. The second-order valence-corrected chi connectivity index (χ2v) is 10.2. The minimum absolute atomic E-state index is 0.121. The van der Waals surface area contributed by atoms with Crippen LogP contribution >= 0.6 is 0 Å². The molecule has 11 heteroatoms. The van der Waals surface area contributed by atoms with Crippen LogP contribution in [0.15, 0.2) is 48.7 Å². The van der Waals surface area contributed by atoms with Gasteiger partial charge in [0.2, 0.25) is 11.6 Å². The van der Waals surface area contributed by atoms with Gasteiger partial charge in [-0.1, -0.05) is 30.3 Å². The first-order chi connectivity index (χ1) is 19.0. The second-order valence-electron chi connectivity index (χ2n) is 10.2. The third kappa shape index (κ3) is 4.78. The van der Waals surface area contributed by atoms with Crippen LogP contribution in [0.2, 0.25) is 0 Å². The largest absolute Gasteiger partial charge is 0.353 e. The number of fused-ring (bicyclic) bond motifs is 2. The van der Waals surface area contributed by atoms with Crippen molar-refractivity contribution in [2.45, 2.75) is 13.0 Å². The highest BCUT2D eigenvalue weighted by Gasteiger charge is 2.42. The van der Waals surface area contributed by atoms with Crippen LogP contribution in [0, 0.1) is 0 Å². The number of nitrogens with zero attached hydrogens (tertiary/aromatic N) is 8. The summed E-state index contributed by atoms with van der Waals surface area (Å²) in [7, 11) is 1.77. The Bertz CT molecular complexity index is 1390. The maximum absolute atomic E-state index is 13.2. The van der Waals surface area contributed by atoms with Crippen LogP contribution in [0.1, 0.15) is 38.5 Å². The van der Waals surface area contributed by atoms with Gasteiger partial charge in [-0.15, -0.1) is 4.68 Å². The van der Waals surface area contributed by atoms with Crippen molar-refractivity contribution in [2.24, 2.45) is 7.05 Å². The van der Waals surface area contributed by atoms with Crippen LogP contribution in [-0.2, 0) is 13.6 Å². The van der Waals surface area contributed by atoms with Gasteiger partial charge in [0.1, 0.15) is 12.4 Å². The topological polar surface area (TPSA) is 98.8 Å². The summed E-state index contributed by atoms with van der Waals surface area (Å²) in [6, 6.07) is 13.0. The third-order valence-electron chi connectivity index (χ3n) is 7.93. The Balaban J connectivity index is 0.989. The highest BCUT2D eigenvalue weighted by atomic mass is 16.2. The molecule has 3 aromatic rings. The van der Waals surface area contributed by atoms with E-state index >= 15 is 0 Å². The first kappa shape index (κ1) is 25.2. The number of carbonyl (C=O) groups is 3. The number of hydrogen-bond acceptors (Lipinski definition) is 7. The minimum atomic E-state index is -0.200. The van der Waals surface area contributed by atoms with Gasteiger partial charge < -0.3 is 14.7 Å². The summed E-state index contributed by atoms with van der Waals surface area (Å²) in [4.78, 5) is 53.8. The molecule has 3 aliphatic rings. The molecule has 1 aliphatic carbocycles. The Hall–Kier alpha value is -4.12. The maximum atomic E-state index is 13.2. The molecule has 0 radical (unpaired) electrons. The standard InChI is InChI=1S/C28H33N8O3/c1-31-30-24-25(27(38)22-8-3-2-7-21(22)26(24)37)36(31)12-6-11-32-13-15-34(16-14-32)28(39)35-19-17-33(18-20-35)23-9-4-5-10-29-23/h2-5,7-10H,6,11-20H2,1H3/q+1. The molecule has 202 valence electrons. The van der Waals surface area contributed by atoms with Gasteiger partial charge in [0, 0.05) is 76.2 Å². The zero-order chi connectivity index (χ0) is 26.9. The molecule has 0 N–H and O–H groups in total. The molecule has 11 nitrogen and oxygen atoms in total. The average molecular weight is 530 g/mol. The van der Waals surface area contributed by atoms with Gasteiger partial charge in [-0.05, 0) is 23.4 Å². The lowest BCUT2D eigenvalue weighted by Crippen LogP contribution is -2.57. The fourth-order valence-corrected chi connectivity index (χ4v) is 5.76. The van der Waals surface area contributed by atoms with Crippen molar-refractivity contribution in [3.8, 4) is 0 Å². The van der Waals surface area contributed by atoms with Crippen molar-refractivity contribution in [1.82, 2.24) is 29.6 Å². The normalized spacial score (nSPS) is 17.8. The summed E-state index contributed by atoms with van der Waals surface area (Å²) in [5.41, 5.74) is 1.47. The molecule has 2 amide bonds. The third-order valence-corrected chi connectivity index (χ3v) is 7.93. The number of pyridine rings is 1. The molecule has 1 aromatic carbocycles. The molecule has 0 saturated carbocycles. The molecule has 39 heavy (non-hydrogen) atoms. The monoisotopic (exact) mass is 529 g/mol. The molecule has 2 saturated heterocycles. The number of piperazine rings is 2. The lowest BCUT2D eigenvalue weighted by molar-refractivity contribution is -0.779. The van der Waals surface area contributed by atoms with Crippen LogP contribution in [0.4, 0.5) is 10.6 Å². The van der Waals surface area contributed by atoms with Gasteiger partial charge >= 0.3 is 11.7 Å². The molecule has 0 bridgehead atoms. The molecular formula is C28H33N8O3+. The second kappa shape index (κ2) is 10.6. The quantitative estimate of drug-likeness (QED) is 0.353. The van der Waals surface area contributed by atoms with E-state index in [1.54, 1.807) is 42.3 Å². The minimum Gasteiger partial charge on any atom is -0.353 e. The number of hydrogen-bond donors (Lipinski definition) is 0. The SMILES string of the molecule is Cn1nc2c([n+]1CCCN1CCN(C(=O)N3CCN(c4ccccn4)CC3)CC1)C(=O)c1ccccc1C2=O. The maximum Gasteiger partial charge on any atom is 0.320 e. The molecule has 4 heterocycles. The Kier molecular flexibility index (Phi) is 6.82. The molecule has 0 atom stereocenters. The molecule has 6 rings (SSSR count). The summed E-state index contributed by atoms with van der Waals surface area (Å²) < 4.78 is 1.82. The van der Waals surface area contributed by atoms with Crippen molar-refractivity contribution >= 4 is 23.4 Å². The fourth-order valence-electron chi connectivity index (χ4n) is 5.76. The first-order valence-corrected chi connectivity index (χ1v) is 13.6. The zero-order valence-electron chi connectivity index (χ0n) is 22.2. The molecule has 2 aromatic heterocycles. The van der Waals surface area contributed by atoms with Crippen LogP contribution < -0.4 is 9.58 Å². The smallest absolute Gasteiger partial charge is 0.320 e. The first-order valence-electron chi connectivity index (χ1n) is 13.6. The van der Waals surface area contributed by atoms with Crippen molar-refractivity contribution in [2.75, 3.05) is 63.8 Å². The highest BCUT2D eigenvalue weighted by molar-refractivity contribution is 6.26. The number of rotatable bonds is 5. The Morgan fingerprint density at radius 2 is 1.49 bits per heavy atom. The summed E-state index contributed by atoms with van der Waals surface area (Å²) in [6.07, 6.45) is 2.61. The summed E-state index contributed by atoms with van der Waals surface area (Å²) in [5, 5.41) is 4.38. The summed E-state index contributed by atoms with van der Waals surface area (Å²) >= 11 is 0. The number of aromatic nitrogens is 4. The number of amides is 2.